The van der Waals surface area contributed by atoms with Crippen molar-refractivity contribution in [3.63, 3.8) is 0 Å². The number of hydrogen-bond donors (Lipinski definition) is 0. The first-order valence-corrected chi connectivity index (χ1v) is 11.0. The highest BCUT2D eigenvalue weighted by atomic mass is 35.5. The molecule has 146 valence electrons. The monoisotopic (exact) mass is 384 g/mol. The molecule has 0 N–H and O–H groups in total. The van der Waals surface area contributed by atoms with Crippen molar-refractivity contribution in [2.24, 2.45) is 5.92 Å². The molecule has 1 saturated heterocycles. The molecule has 1 aliphatic rings. The minimum absolute atomic E-state index is 0.780. The number of benzene rings is 1. The van der Waals surface area contributed by atoms with E-state index in [4.69, 9.17) is 11.6 Å². The van der Waals surface area contributed by atoms with Crippen molar-refractivity contribution < 1.29 is 0 Å². The molecule has 27 heavy (non-hydrogen) atoms. The highest BCUT2D eigenvalue weighted by Crippen LogP contribution is 2.25. The molecule has 0 radical (unpaired) electrons. The third-order valence-corrected chi connectivity index (χ3v) is 6.28. The van der Waals surface area contributed by atoms with Gasteiger partial charge in [-0.2, -0.15) is 0 Å². The molecular formula is C24H33ClN2. The second kappa shape index (κ2) is 10.8. The number of aryl methyl sites for hydroxylation is 2. The lowest BCUT2D eigenvalue weighted by Gasteiger charge is -2.20. The van der Waals surface area contributed by atoms with Crippen LogP contribution in [0.4, 0.5) is 0 Å². The van der Waals surface area contributed by atoms with Crippen molar-refractivity contribution in [2.75, 3.05) is 19.6 Å². The Kier molecular flexibility index (Phi) is 8.16. The molecule has 1 aromatic carbocycles. The molecular weight excluding hydrogens is 352 g/mol. The van der Waals surface area contributed by atoms with Gasteiger partial charge in [0.2, 0.25) is 0 Å². The van der Waals surface area contributed by atoms with Gasteiger partial charge in [0.15, 0.2) is 0 Å². The van der Waals surface area contributed by atoms with E-state index in [0.29, 0.717) is 0 Å². The van der Waals surface area contributed by atoms with Gasteiger partial charge in [0.05, 0.1) is 0 Å². The summed E-state index contributed by atoms with van der Waals surface area (Å²) in [6.45, 7) is 5.92. The van der Waals surface area contributed by atoms with Crippen molar-refractivity contribution in [1.29, 1.82) is 0 Å². The number of halogens is 1. The minimum Gasteiger partial charge on any atom is -0.303 e. The van der Waals surface area contributed by atoms with Crippen molar-refractivity contribution in [1.82, 2.24) is 9.88 Å². The van der Waals surface area contributed by atoms with Crippen LogP contribution < -0.4 is 0 Å². The molecule has 3 rings (SSSR count). The topological polar surface area (TPSA) is 16.1 Å². The van der Waals surface area contributed by atoms with Crippen LogP contribution >= 0.6 is 11.6 Å². The number of unbranched alkanes of at least 4 members (excludes halogenated alkanes) is 2. The lowest BCUT2D eigenvalue weighted by Crippen LogP contribution is -2.26. The third kappa shape index (κ3) is 6.62. The summed E-state index contributed by atoms with van der Waals surface area (Å²) in [5.41, 5.74) is 3.92. The van der Waals surface area contributed by atoms with Crippen molar-refractivity contribution in [2.45, 2.75) is 58.3 Å². The molecule has 0 bridgehead atoms. The summed E-state index contributed by atoms with van der Waals surface area (Å²) >= 11 is 6.35. The third-order valence-electron chi connectivity index (χ3n) is 5.91. The molecule has 2 heterocycles. The van der Waals surface area contributed by atoms with Crippen LogP contribution in [0.2, 0.25) is 5.02 Å². The molecule has 2 nitrogen and oxygen atoms in total. The summed E-state index contributed by atoms with van der Waals surface area (Å²) in [5.74, 6) is 0.780. The van der Waals surface area contributed by atoms with E-state index in [-0.39, 0.29) is 0 Å². The second-order valence-electron chi connectivity index (χ2n) is 8.01. The Balaban J connectivity index is 1.34. The van der Waals surface area contributed by atoms with Crippen LogP contribution in [-0.4, -0.2) is 29.5 Å². The fourth-order valence-electron chi connectivity index (χ4n) is 4.21. The van der Waals surface area contributed by atoms with E-state index in [1.54, 1.807) is 0 Å². The number of hydrogen-bond acceptors (Lipinski definition) is 2. The van der Waals surface area contributed by atoms with E-state index in [1.807, 2.05) is 24.4 Å². The van der Waals surface area contributed by atoms with Gasteiger partial charge in [-0.15, -0.1) is 0 Å². The Labute approximate surface area is 170 Å². The number of aromatic nitrogens is 1. The highest BCUT2D eigenvalue weighted by molar-refractivity contribution is 6.31. The van der Waals surface area contributed by atoms with E-state index in [9.17, 15) is 0 Å². The van der Waals surface area contributed by atoms with Crippen LogP contribution in [0.1, 0.15) is 55.3 Å². The van der Waals surface area contributed by atoms with Gasteiger partial charge in [-0.05, 0) is 101 Å². The van der Waals surface area contributed by atoms with Gasteiger partial charge in [-0.3, -0.25) is 4.98 Å². The zero-order valence-electron chi connectivity index (χ0n) is 16.7. The summed E-state index contributed by atoms with van der Waals surface area (Å²) in [6.07, 6.45) is 12.0. The van der Waals surface area contributed by atoms with Gasteiger partial charge in [-0.25, -0.2) is 0 Å². The van der Waals surface area contributed by atoms with Gasteiger partial charge in [-0.1, -0.05) is 42.3 Å². The Bertz CT molecular complexity index is 700. The fourth-order valence-corrected chi connectivity index (χ4v) is 4.43. The standard InChI is InChI=1S/C24H33ClN2/c1-20-9-7-15-26-24(20)13-3-2-6-16-27-17-8-10-21(14-18-27)19-22-11-4-5-12-23(22)25/h4-5,7,9,11-12,15,21H,2-3,6,8,10,13-14,16-19H2,1H3. The van der Waals surface area contributed by atoms with Gasteiger partial charge in [0, 0.05) is 16.9 Å². The van der Waals surface area contributed by atoms with Crippen LogP contribution in [-0.2, 0) is 12.8 Å². The Morgan fingerprint density at radius 2 is 1.93 bits per heavy atom. The molecule has 3 heteroatoms. The van der Waals surface area contributed by atoms with Gasteiger partial charge in [0.1, 0.15) is 0 Å². The molecule has 1 atom stereocenters. The molecule has 0 saturated carbocycles. The fraction of sp³-hybridized carbons (Fsp3) is 0.542. The first kappa shape index (κ1) is 20.4. The lowest BCUT2D eigenvalue weighted by molar-refractivity contribution is 0.273. The zero-order chi connectivity index (χ0) is 18.9. The summed E-state index contributed by atoms with van der Waals surface area (Å²) in [4.78, 5) is 7.19. The van der Waals surface area contributed by atoms with Gasteiger partial charge < -0.3 is 4.90 Å². The maximum atomic E-state index is 6.35. The lowest BCUT2D eigenvalue weighted by atomic mass is 9.93. The highest BCUT2D eigenvalue weighted by Gasteiger charge is 2.18. The van der Waals surface area contributed by atoms with E-state index in [0.717, 1.165) is 23.8 Å². The maximum Gasteiger partial charge on any atom is 0.0438 e. The molecule has 0 amide bonds. The van der Waals surface area contributed by atoms with E-state index in [2.05, 4.69) is 35.0 Å². The predicted molar refractivity (Wildman–Crippen MR) is 115 cm³/mol. The summed E-state index contributed by atoms with van der Waals surface area (Å²) < 4.78 is 0. The smallest absolute Gasteiger partial charge is 0.0438 e. The quantitative estimate of drug-likeness (QED) is 0.511. The summed E-state index contributed by atoms with van der Waals surface area (Å²) in [7, 11) is 0. The van der Waals surface area contributed by atoms with Crippen molar-refractivity contribution in [3.8, 4) is 0 Å². The van der Waals surface area contributed by atoms with Crippen LogP contribution in [0, 0.1) is 12.8 Å². The Morgan fingerprint density at radius 3 is 2.78 bits per heavy atom. The summed E-state index contributed by atoms with van der Waals surface area (Å²) in [6, 6.07) is 12.5. The summed E-state index contributed by atoms with van der Waals surface area (Å²) in [5, 5.41) is 0.932. The van der Waals surface area contributed by atoms with Crippen LogP contribution in [0.3, 0.4) is 0 Å². The largest absolute Gasteiger partial charge is 0.303 e. The van der Waals surface area contributed by atoms with Crippen LogP contribution in [0.15, 0.2) is 42.6 Å². The predicted octanol–water partition coefficient (Wildman–Crippen LogP) is 6.10. The Hall–Kier alpha value is -1.38. The average molecular weight is 385 g/mol. The zero-order valence-corrected chi connectivity index (χ0v) is 17.4. The van der Waals surface area contributed by atoms with Crippen LogP contribution in [0.25, 0.3) is 0 Å². The van der Waals surface area contributed by atoms with Crippen LogP contribution in [0.5, 0.6) is 0 Å². The van der Waals surface area contributed by atoms with Gasteiger partial charge in [0.25, 0.3) is 0 Å². The molecule has 2 aromatic rings. The average Bonchev–Trinajstić information content (AvgIpc) is 2.90. The maximum absolute atomic E-state index is 6.35. The first-order chi connectivity index (χ1) is 13.2. The molecule has 1 fully saturated rings. The number of likely N-dealkylation sites (tertiary alicyclic amines) is 1. The number of pyridine rings is 1. The number of rotatable bonds is 8. The molecule has 1 aromatic heterocycles. The Morgan fingerprint density at radius 1 is 1.04 bits per heavy atom. The van der Waals surface area contributed by atoms with Gasteiger partial charge >= 0.3 is 0 Å². The molecule has 0 aliphatic carbocycles. The number of nitrogens with zero attached hydrogens (tertiary/aromatic N) is 2. The molecule has 0 spiro atoms. The molecule has 1 aliphatic heterocycles. The normalized spacial score (nSPS) is 18.4. The van der Waals surface area contributed by atoms with Crippen molar-refractivity contribution >= 4 is 11.6 Å². The SMILES string of the molecule is Cc1cccnc1CCCCCN1CCCC(Cc2ccccc2Cl)CC1. The minimum atomic E-state index is 0.780. The van der Waals surface area contributed by atoms with E-state index in [1.165, 1.54) is 75.0 Å². The first-order valence-electron chi connectivity index (χ1n) is 10.6. The molecule has 1 unspecified atom stereocenters. The van der Waals surface area contributed by atoms with E-state index >= 15 is 0 Å². The van der Waals surface area contributed by atoms with E-state index < -0.39 is 0 Å². The van der Waals surface area contributed by atoms with Crippen molar-refractivity contribution in [3.05, 3.63) is 64.4 Å². The second-order valence-corrected chi connectivity index (χ2v) is 8.42.